The van der Waals surface area contributed by atoms with Crippen molar-refractivity contribution in [2.45, 2.75) is 188 Å². The molecule has 8 amide bonds. The van der Waals surface area contributed by atoms with Gasteiger partial charge in [-0.1, -0.05) is 72.8 Å². The number of alkyl carbamates (subject to hydrolysis) is 1. The van der Waals surface area contributed by atoms with Crippen molar-refractivity contribution < 1.29 is 98.9 Å². The first kappa shape index (κ1) is 82.3. The Morgan fingerprint density at radius 1 is 0.458 bits per heavy atom. The molecule has 0 radical (unpaired) electrons. The van der Waals surface area contributed by atoms with Crippen molar-refractivity contribution in [1.82, 2.24) is 42.5 Å². The van der Waals surface area contributed by atoms with Crippen molar-refractivity contribution in [3.8, 4) is 5.75 Å². The van der Waals surface area contributed by atoms with Gasteiger partial charge in [-0.2, -0.15) is 0 Å². The summed E-state index contributed by atoms with van der Waals surface area (Å²) in [6, 6.07) is 17.9. The Balaban J connectivity index is 1.73. The van der Waals surface area contributed by atoms with Crippen LogP contribution in [0, 0.1) is 0 Å². The van der Waals surface area contributed by atoms with E-state index in [1.54, 1.807) is 135 Å². The van der Waals surface area contributed by atoms with E-state index in [0.29, 0.717) is 17.5 Å². The number of hydrogen-bond donors (Lipinski definition) is 8. The van der Waals surface area contributed by atoms with E-state index in [-0.39, 0.29) is 83.9 Å². The van der Waals surface area contributed by atoms with Gasteiger partial charge in [0.25, 0.3) is 5.91 Å². The second-order valence-corrected chi connectivity index (χ2v) is 29.2. The third-order valence-corrected chi connectivity index (χ3v) is 18.4. The van der Waals surface area contributed by atoms with Crippen LogP contribution in [0.1, 0.15) is 139 Å². The Bertz CT molecular complexity index is 3050. The molecular formula is C65H98N8O21P2. The van der Waals surface area contributed by atoms with Crippen LogP contribution >= 0.6 is 15.2 Å². The topological polar surface area (TPSA) is 384 Å². The summed E-state index contributed by atoms with van der Waals surface area (Å²) in [5.74, 6) is -5.89. The first-order valence-electron chi connectivity index (χ1n) is 31.8. The molecule has 3 aromatic rings. The molecule has 31 heteroatoms. The van der Waals surface area contributed by atoms with Crippen molar-refractivity contribution in [2.75, 3.05) is 52.7 Å². The molecule has 0 heterocycles. The molecule has 4 atom stereocenters. The van der Waals surface area contributed by atoms with Crippen LogP contribution in [0.15, 0.2) is 84.9 Å². The number of benzene rings is 3. The Morgan fingerprint density at radius 2 is 0.896 bits per heavy atom. The first-order chi connectivity index (χ1) is 45.1. The smallest absolute Gasteiger partial charge is 0.407 e. The summed E-state index contributed by atoms with van der Waals surface area (Å²) in [7, 11) is -8.89. The van der Waals surface area contributed by atoms with E-state index >= 15 is 0 Å². The summed E-state index contributed by atoms with van der Waals surface area (Å²) < 4.78 is 77.2. The van der Waals surface area contributed by atoms with Crippen molar-refractivity contribution in [3.63, 3.8) is 0 Å². The van der Waals surface area contributed by atoms with Gasteiger partial charge in [0.2, 0.25) is 29.2 Å². The quantitative estimate of drug-likeness (QED) is 0.0124. The van der Waals surface area contributed by atoms with E-state index in [4.69, 9.17) is 41.8 Å². The lowest BCUT2D eigenvalue weighted by Crippen LogP contribution is -2.53. The molecule has 0 saturated heterocycles. The predicted molar refractivity (Wildman–Crippen MR) is 354 cm³/mol. The zero-order chi connectivity index (χ0) is 71.7. The van der Waals surface area contributed by atoms with Crippen LogP contribution in [0.2, 0.25) is 0 Å². The van der Waals surface area contributed by atoms with Crippen LogP contribution < -0.4 is 47.3 Å². The van der Waals surface area contributed by atoms with Gasteiger partial charge in [-0.05, 0) is 145 Å². The standard InChI is InChI=1S/C65H98N8O21P2/c1-14-88-95(84,89-15-2)62(96(85,90-16-3)91-17-4)73-53(75)40-67-57(79)51(69-52(74)41-68-61(83)87-42-46-28-22-19-23-29-46)39-45-31-33-47(34-32-45)86-43-54(76)70-50(38-44-26-20-18-21-27-44)56(78)66-37-25-24-30-48(58(80)93-64(8,9)10)71-60(82)72-49(59(81)94-65(11,12)13)35-36-55(77)92-63(5,6)7/h18-23,26-29,31-34,48-51,62H,14-17,24-25,30,35-43H2,1-13H3,(H,66,78)(H,67,79)(H,68,83)(H,69,74)(H,70,76)(H,73,75)(H2,71,72,82)/t48-,49-,50-,51-/m0/s1. The third-order valence-electron chi connectivity index (χ3n) is 12.7. The van der Waals surface area contributed by atoms with Crippen LogP contribution in [-0.2, 0) is 104 Å². The van der Waals surface area contributed by atoms with E-state index in [0.717, 1.165) is 5.56 Å². The van der Waals surface area contributed by atoms with Crippen molar-refractivity contribution in [2.24, 2.45) is 0 Å². The maximum atomic E-state index is 14.0. The lowest BCUT2D eigenvalue weighted by molar-refractivity contribution is -0.159. The summed E-state index contributed by atoms with van der Waals surface area (Å²) in [6.07, 6.45) is -0.786. The Labute approximate surface area is 562 Å². The molecule has 0 aromatic heterocycles. The summed E-state index contributed by atoms with van der Waals surface area (Å²) in [6.45, 7) is 18.4. The Hall–Kier alpha value is -7.94. The van der Waals surface area contributed by atoms with Gasteiger partial charge in [0.05, 0.1) is 33.0 Å². The van der Waals surface area contributed by atoms with Gasteiger partial charge in [0.15, 0.2) is 6.61 Å². The molecule has 0 aliphatic rings. The zero-order valence-corrected chi connectivity index (χ0v) is 59.0. The van der Waals surface area contributed by atoms with Gasteiger partial charge in [0.1, 0.15) is 59.9 Å². The number of unbranched alkanes of at least 4 members (excludes halogenated alkanes) is 1. The molecule has 29 nitrogen and oxygen atoms in total. The molecule has 0 saturated carbocycles. The maximum Gasteiger partial charge on any atom is 0.407 e. The minimum absolute atomic E-state index is 0.0485. The van der Waals surface area contributed by atoms with Gasteiger partial charge in [-0.15, -0.1) is 0 Å². The van der Waals surface area contributed by atoms with Crippen molar-refractivity contribution in [1.29, 1.82) is 0 Å². The number of esters is 3. The number of hydrogen-bond acceptors (Lipinski definition) is 21. The number of ether oxygens (including phenoxy) is 5. The normalized spacial score (nSPS) is 13.1. The van der Waals surface area contributed by atoms with E-state index in [2.05, 4.69) is 42.5 Å². The molecule has 0 aliphatic carbocycles. The highest BCUT2D eigenvalue weighted by atomic mass is 31.2. The lowest BCUT2D eigenvalue weighted by Gasteiger charge is -2.31. The van der Waals surface area contributed by atoms with E-state index < -0.39 is 141 Å². The van der Waals surface area contributed by atoms with Crippen LogP contribution in [0.5, 0.6) is 5.75 Å². The zero-order valence-electron chi connectivity index (χ0n) is 57.3. The number of nitrogens with one attached hydrogen (secondary N) is 8. The van der Waals surface area contributed by atoms with Crippen LogP contribution in [0.3, 0.4) is 0 Å². The largest absolute Gasteiger partial charge is 0.484 e. The monoisotopic (exact) mass is 1390 g/mol. The van der Waals surface area contributed by atoms with Crippen molar-refractivity contribution >= 4 is 74.8 Å². The second-order valence-electron chi connectivity index (χ2n) is 24.6. The minimum Gasteiger partial charge on any atom is -0.484 e. The number of rotatable bonds is 40. The molecule has 3 aromatic carbocycles. The summed E-state index contributed by atoms with van der Waals surface area (Å²) in [5, 5.41) is 20.3. The SMILES string of the molecule is CCOP(=O)(OCC)C(NC(=O)CNC(=O)[C@H](Cc1ccc(OCC(=O)N[C@@H](Cc2ccccc2)C(=O)NCCCC[C@H](NC(=O)N[C@@H](CCC(=O)OC(C)(C)C)C(=O)OC(C)(C)C)C(=O)OC(C)(C)C)cc1)NC(=O)CNC(=O)OCc1ccccc1)P(=O)(OCC)OCC. The predicted octanol–water partition coefficient (Wildman–Crippen LogP) is 6.92. The van der Waals surface area contributed by atoms with Gasteiger partial charge in [-0.3, -0.25) is 37.9 Å². The fraction of sp³-hybridized carbons (Fsp3) is 0.569. The fourth-order valence-corrected chi connectivity index (χ4v) is 13.7. The van der Waals surface area contributed by atoms with E-state index in [9.17, 15) is 57.1 Å². The number of urea groups is 1. The van der Waals surface area contributed by atoms with E-state index in [1.807, 2.05) is 0 Å². The molecule has 0 aliphatic heterocycles. The minimum atomic E-state index is -4.45. The van der Waals surface area contributed by atoms with Crippen LogP contribution in [0.4, 0.5) is 9.59 Å². The molecule has 0 bridgehead atoms. The molecular weight excluding hydrogens is 1290 g/mol. The molecule has 3 rings (SSSR count). The van der Waals surface area contributed by atoms with Gasteiger partial charge >= 0.3 is 45.2 Å². The van der Waals surface area contributed by atoms with Gasteiger partial charge in [0, 0.05) is 25.8 Å². The lowest BCUT2D eigenvalue weighted by atomic mass is 10.0. The summed E-state index contributed by atoms with van der Waals surface area (Å²) in [5.41, 5.74) is -2.73. The average Bonchev–Trinajstić information content (AvgIpc) is 0.786. The number of amides is 8. The van der Waals surface area contributed by atoms with Gasteiger partial charge < -0.3 is 84.3 Å². The summed E-state index contributed by atoms with van der Waals surface area (Å²) >= 11 is 0. The van der Waals surface area contributed by atoms with E-state index in [1.165, 1.54) is 39.8 Å². The third kappa shape index (κ3) is 32.7. The molecule has 0 fully saturated rings. The molecule has 0 unspecified atom stereocenters. The van der Waals surface area contributed by atoms with Crippen LogP contribution in [-0.4, -0.2) is 159 Å². The second kappa shape index (κ2) is 40.6. The molecule has 96 heavy (non-hydrogen) atoms. The highest BCUT2D eigenvalue weighted by molar-refractivity contribution is 7.72. The fourth-order valence-electron chi connectivity index (χ4n) is 8.74. The highest BCUT2D eigenvalue weighted by Crippen LogP contribution is 2.69. The highest BCUT2D eigenvalue weighted by Gasteiger charge is 2.52. The molecule has 534 valence electrons. The van der Waals surface area contributed by atoms with Gasteiger partial charge in [-0.25, -0.2) is 19.2 Å². The van der Waals surface area contributed by atoms with Crippen LogP contribution in [0.25, 0.3) is 0 Å². The molecule has 8 N–H and O–H groups in total. The Kier molecular flexibility index (Phi) is 34.8. The average molecular weight is 1390 g/mol. The maximum absolute atomic E-state index is 14.0. The summed E-state index contributed by atoms with van der Waals surface area (Å²) in [4.78, 5) is 133. The Morgan fingerprint density at radius 3 is 1.39 bits per heavy atom. The number of carbonyl (C=O) groups excluding carboxylic acids is 10. The first-order valence-corrected chi connectivity index (χ1v) is 35.0. The van der Waals surface area contributed by atoms with Crippen molar-refractivity contribution in [3.05, 3.63) is 102 Å². The number of carbonyl (C=O) groups is 10. The molecule has 0 spiro atoms.